The molecule has 3 rings (SSSR count). The van der Waals surface area contributed by atoms with Gasteiger partial charge >= 0.3 is 5.97 Å². The van der Waals surface area contributed by atoms with Crippen LogP contribution in [-0.2, 0) is 4.74 Å². The van der Waals surface area contributed by atoms with Crippen LogP contribution in [0.4, 0.5) is 17.3 Å². The maximum atomic E-state index is 11.7. The van der Waals surface area contributed by atoms with Crippen LogP contribution in [0.3, 0.4) is 0 Å². The molecule has 25 heavy (non-hydrogen) atoms. The molecule has 1 aliphatic rings. The van der Waals surface area contributed by atoms with Gasteiger partial charge in [0, 0.05) is 37.9 Å². The maximum Gasteiger partial charge on any atom is 0.337 e. The first kappa shape index (κ1) is 17.2. The zero-order valence-corrected chi connectivity index (χ0v) is 14.8. The molecule has 1 saturated heterocycles. The number of hydrogen-bond acceptors (Lipinski definition) is 7. The molecular weight excluding hydrogens is 318 g/mol. The molecule has 7 nitrogen and oxygen atoms in total. The lowest BCUT2D eigenvalue weighted by Gasteiger charge is -2.33. The van der Waals surface area contributed by atoms with Crippen molar-refractivity contribution < 1.29 is 9.53 Å². The van der Waals surface area contributed by atoms with Gasteiger partial charge in [-0.1, -0.05) is 6.07 Å². The molecule has 2 aromatic rings. The van der Waals surface area contributed by atoms with Crippen LogP contribution in [0.1, 0.15) is 16.2 Å². The standard InChI is InChI=1S/C18H23N5O2/c1-13-19-16(12-17(20-13)23-9-7-22(2)8-10-23)21-15-6-4-5-14(11-15)18(24)25-3/h4-6,11-12H,7-10H2,1-3H3,(H,19,20,21). The summed E-state index contributed by atoms with van der Waals surface area (Å²) in [5.74, 6) is 1.99. The van der Waals surface area contributed by atoms with Crippen molar-refractivity contribution in [2.75, 3.05) is 50.6 Å². The second kappa shape index (κ2) is 7.48. The fourth-order valence-corrected chi connectivity index (χ4v) is 2.80. The lowest BCUT2D eigenvalue weighted by atomic mass is 10.2. The molecule has 132 valence electrons. The monoisotopic (exact) mass is 341 g/mol. The average Bonchev–Trinajstić information content (AvgIpc) is 2.61. The quantitative estimate of drug-likeness (QED) is 0.854. The fraction of sp³-hybridized carbons (Fsp3) is 0.389. The average molecular weight is 341 g/mol. The number of likely N-dealkylation sites (N-methyl/N-ethyl adjacent to an activating group) is 1. The Balaban J connectivity index is 1.80. The van der Waals surface area contributed by atoms with Crippen LogP contribution in [-0.4, -0.2) is 61.2 Å². The van der Waals surface area contributed by atoms with Gasteiger partial charge in [-0.3, -0.25) is 0 Å². The Morgan fingerprint density at radius 3 is 2.64 bits per heavy atom. The van der Waals surface area contributed by atoms with Gasteiger partial charge in [0.15, 0.2) is 0 Å². The molecule has 1 N–H and O–H groups in total. The van der Waals surface area contributed by atoms with Gasteiger partial charge in [0.1, 0.15) is 17.5 Å². The van der Waals surface area contributed by atoms with Crippen molar-refractivity contribution in [3.05, 3.63) is 41.7 Å². The molecule has 0 amide bonds. The van der Waals surface area contributed by atoms with Crippen molar-refractivity contribution in [3.63, 3.8) is 0 Å². The molecule has 0 aliphatic carbocycles. The predicted octanol–water partition coefficient (Wildman–Crippen LogP) is 2.07. The second-order valence-corrected chi connectivity index (χ2v) is 6.15. The zero-order chi connectivity index (χ0) is 17.8. The molecule has 0 bridgehead atoms. The number of anilines is 3. The number of nitrogens with one attached hydrogen (secondary N) is 1. The van der Waals surface area contributed by atoms with Gasteiger partial charge < -0.3 is 19.9 Å². The first-order valence-corrected chi connectivity index (χ1v) is 8.30. The summed E-state index contributed by atoms with van der Waals surface area (Å²) >= 11 is 0. The summed E-state index contributed by atoms with van der Waals surface area (Å²) in [5.41, 5.74) is 1.28. The number of methoxy groups -OCH3 is 1. The molecule has 1 aliphatic heterocycles. The van der Waals surface area contributed by atoms with Gasteiger partial charge in [0.05, 0.1) is 12.7 Å². The van der Waals surface area contributed by atoms with Crippen molar-refractivity contribution in [1.29, 1.82) is 0 Å². The second-order valence-electron chi connectivity index (χ2n) is 6.15. The molecule has 1 aromatic carbocycles. The number of benzene rings is 1. The Hall–Kier alpha value is -2.67. The van der Waals surface area contributed by atoms with E-state index in [1.54, 1.807) is 12.1 Å². The highest BCUT2D eigenvalue weighted by molar-refractivity contribution is 5.90. The minimum absolute atomic E-state index is 0.361. The predicted molar refractivity (Wildman–Crippen MR) is 97.5 cm³/mol. The minimum Gasteiger partial charge on any atom is -0.465 e. The van der Waals surface area contributed by atoms with Gasteiger partial charge in [0.25, 0.3) is 0 Å². The van der Waals surface area contributed by atoms with E-state index < -0.39 is 0 Å². The van der Waals surface area contributed by atoms with E-state index in [-0.39, 0.29) is 5.97 Å². The third kappa shape index (κ3) is 4.24. The van der Waals surface area contributed by atoms with E-state index in [0.29, 0.717) is 17.2 Å². The number of rotatable bonds is 4. The van der Waals surface area contributed by atoms with E-state index in [0.717, 1.165) is 37.7 Å². The number of piperazine rings is 1. The fourth-order valence-electron chi connectivity index (χ4n) is 2.80. The number of hydrogen-bond donors (Lipinski definition) is 1. The van der Waals surface area contributed by atoms with E-state index >= 15 is 0 Å². The summed E-state index contributed by atoms with van der Waals surface area (Å²) in [6, 6.07) is 9.11. The Morgan fingerprint density at radius 1 is 1.16 bits per heavy atom. The van der Waals surface area contributed by atoms with Gasteiger partial charge in [-0.2, -0.15) is 0 Å². The molecule has 2 heterocycles. The van der Waals surface area contributed by atoms with Crippen LogP contribution < -0.4 is 10.2 Å². The third-order valence-electron chi connectivity index (χ3n) is 4.21. The smallest absolute Gasteiger partial charge is 0.337 e. The van der Waals surface area contributed by atoms with Crippen molar-refractivity contribution in [2.45, 2.75) is 6.92 Å². The third-order valence-corrected chi connectivity index (χ3v) is 4.21. The van der Waals surface area contributed by atoms with Crippen molar-refractivity contribution >= 4 is 23.3 Å². The Labute approximate surface area is 147 Å². The van der Waals surface area contributed by atoms with Crippen LogP contribution in [0.5, 0.6) is 0 Å². The maximum absolute atomic E-state index is 11.7. The van der Waals surface area contributed by atoms with Crippen molar-refractivity contribution in [1.82, 2.24) is 14.9 Å². The van der Waals surface area contributed by atoms with Crippen LogP contribution in [0.2, 0.25) is 0 Å². The first-order valence-electron chi connectivity index (χ1n) is 8.30. The van der Waals surface area contributed by atoms with Gasteiger partial charge in [0.2, 0.25) is 0 Å². The van der Waals surface area contributed by atoms with Gasteiger partial charge in [-0.15, -0.1) is 0 Å². The molecule has 7 heteroatoms. The summed E-state index contributed by atoms with van der Waals surface area (Å²) in [5, 5.41) is 3.26. The molecule has 0 atom stereocenters. The normalized spacial score (nSPS) is 15.1. The Kier molecular flexibility index (Phi) is 5.14. The SMILES string of the molecule is COC(=O)c1cccc(Nc2cc(N3CCN(C)CC3)nc(C)n2)c1. The van der Waals surface area contributed by atoms with Crippen LogP contribution in [0, 0.1) is 6.92 Å². The highest BCUT2D eigenvalue weighted by Gasteiger charge is 2.16. The van der Waals surface area contributed by atoms with Gasteiger partial charge in [-0.05, 0) is 32.2 Å². The van der Waals surface area contributed by atoms with E-state index in [9.17, 15) is 4.79 Å². The molecule has 0 unspecified atom stereocenters. The number of esters is 1. The Bertz CT molecular complexity index is 757. The van der Waals surface area contributed by atoms with Gasteiger partial charge in [-0.25, -0.2) is 14.8 Å². The number of carbonyl (C=O) groups excluding carboxylic acids is 1. The van der Waals surface area contributed by atoms with E-state index in [1.807, 2.05) is 25.1 Å². The highest BCUT2D eigenvalue weighted by Crippen LogP contribution is 2.21. The topological polar surface area (TPSA) is 70.6 Å². The lowest BCUT2D eigenvalue weighted by Crippen LogP contribution is -2.44. The molecule has 0 radical (unpaired) electrons. The van der Waals surface area contributed by atoms with Crippen molar-refractivity contribution in [3.8, 4) is 0 Å². The lowest BCUT2D eigenvalue weighted by molar-refractivity contribution is 0.0601. The summed E-state index contributed by atoms with van der Waals surface area (Å²) in [7, 11) is 3.50. The molecular formula is C18H23N5O2. The largest absolute Gasteiger partial charge is 0.465 e. The highest BCUT2D eigenvalue weighted by atomic mass is 16.5. The Morgan fingerprint density at radius 2 is 1.92 bits per heavy atom. The number of carbonyl (C=O) groups is 1. The van der Waals surface area contributed by atoms with E-state index in [1.165, 1.54) is 7.11 Å². The summed E-state index contributed by atoms with van der Waals surface area (Å²) < 4.78 is 4.76. The van der Waals surface area contributed by atoms with Crippen LogP contribution >= 0.6 is 0 Å². The number of nitrogens with zero attached hydrogens (tertiary/aromatic N) is 4. The van der Waals surface area contributed by atoms with Crippen LogP contribution in [0.15, 0.2) is 30.3 Å². The molecule has 0 spiro atoms. The first-order chi connectivity index (χ1) is 12.0. The number of ether oxygens (including phenoxy) is 1. The number of aromatic nitrogens is 2. The zero-order valence-electron chi connectivity index (χ0n) is 14.8. The summed E-state index contributed by atoms with van der Waals surface area (Å²) in [6.07, 6.45) is 0. The molecule has 0 saturated carbocycles. The van der Waals surface area contributed by atoms with E-state index in [4.69, 9.17) is 4.74 Å². The minimum atomic E-state index is -0.361. The molecule has 1 fully saturated rings. The van der Waals surface area contributed by atoms with Crippen molar-refractivity contribution in [2.24, 2.45) is 0 Å². The van der Waals surface area contributed by atoms with E-state index in [2.05, 4.69) is 32.1 Å². The summed E-state index contributed by atoms with van der Waals surface area (Å²) in [4.78, 5) is 25.3. The molecule has 1 aromatic heterocycles. The number of aryl methyl sites for hydroxylation is 1. The summed E-state index contributed by atoms with van der Waals surface area (Å²) in [6.45, 7) is 5.82. The van der Waals surface area contributed by atoms with Crippen LogP contribution in [0.25, 0.3) is 0 Å².